The summed E-state index contributed by atoms with van der Waals surface area (Å²) >= 11 is 0. The predicted octanol–water partition coefficient (Wildman–Crippen LogP) is 0.741. The van der Waals surface area contributed by atoms with Gasteiger partial charge in [-0.2, -0.15) is 4.31 Å². The van der Waals surface area contributed by atoms with Crippen molar-refractivity contribution in [1.82, 2.24) is 9.21 Å². The summed E-state index contributed by atoms with van der Waals surface area (Å²) in [5.41, 5.74) is 1.37. The molecule has 0 bridgehead atoms. The van der Waals surface area contributed by atoms with Gasteiger partial charge in [0.2, 0.25) is 10.0 Å². The van der Waals surface area contributed by atoms with Gasteiger partial charge in [0, 0.05) is 32.2 Å². The number of nitrogens with zero attached hydrogens (tertiary/aromatic N) is 2. The zero-order valence-electron chi connectivity index (χ0n) is 15.0. The van der Waals surface area contributed by atoms with Crippen molar-refractivity contribution in [2.75, 3.05) is 32.4 Å². The van der Waals surface area contributed by atoms with Crippen LogP contribution in [-0.2, 0) is 26.0 Å². The smallest absolute Gasteiger partial charge is 0.414 e. The van der Waals surface area contributed by atoms with Crippen molar-refractivity contribution in [2.24, 2.45) is 0 Å². The topological polar surface area (TPSA) is 115 Å². The molecular weight excluding hydrogens is 360 g/mol. The van der Waals surface area contributed by atoms with Crippen LogP contribution in [0, 0.1) is 0 Å². The molecule has 2 rings (SSSR count). The predicted molar refractivity (Wildman–Crippen MR) is 97.5 cm³/mol. The maximum atomic E-state index is 11.5. The average molecular weight is 386 g/mol. The molecule has 26 heavy (non-hydrogen) atoms. The third kappa shape index (κ3) is 7.94. The van der Waals surface area contributed by atoms with Gasteiger partial charge in [-0.1, -0.05) is 30.3 Å². The number of rotatable bonds is 5. The lowest BCUT2D eigenvalue weighted by Crippen LogP contribution is -2.51. The lowest BCUT2D eigenvalue weighted by atomic mass is 10.0. The molecule has 1 aliphatic heterocycles. The number of carboxylic acids is 2. The first kappa shape index (κ1) is 22.1. The van der Waals surface area contributed by atoms with Crippen LogP contribution < -0.4 is 0 Å². The maximum Gasteiger partial charge on any atom is 0.414 e. The Balaban J connectivity index is 0.000000487. The summed E-state index contributed by atoms with van der Waals surface area (Å²) in [7, 11) is -3.02. The molecule has 146 valence electrons. The van der Waals surface area contributed by atoms with Crippen molar-refractivity contribution in [3.8, 4) is 0 Å². The van der Waals surface area contributed by atoms with Gasteiger partial charge in [0.05, 0.1) is 6.26 Å². The Morgan fingerprint density at radius 1 is 1.04 bits per heavy atom. The summed E-state index contributed by atoms with van der Waals surface area (Å²) in [5, 5.41) is 14.8. The Bertz CT molecular complexity index is 672. The van der Waals surface area contributed by atoms with Crippen LogP contribution >= 0.6 is 0 Å². The van der Waals surface area contributed by atoms with Gasteiger partial charge in [-0.25, -0.2) is 18.0 Å². The highest BCUT2D eigenvalue weighted by atomic mass is 32.2. The van der Waals surface area contributed by atoms with E-state index in [0.717, 1.165) is 25.9 Å². The maximum absolute atomic E-state index is 11.5. The molecule has 8 nitrogen and oxygen atoms in total. The van der Waals surface area contributed by atoms with E-state index in [1.54, 1.807) is 4.31 Å². The third-order valence-corrected chi connectivity index (χ3v) is 5.55. The minimum Gasteiger partial charge on any atom is -0.473 e. The largest absolute Gasteiger partial charge is 0.473 e. The summed E-state index contributed by atoms with van der Waals surface area (Å²) in [6.07, 6.45) is 3.48. The summed E-state index contributed by atoms with van der Waals surface area (Å²) in [6, 6.07) is 11.0. The quantitative estimate of drug-likeness (QED) is 0.717. The molecule has 0 saturated carbocycles. The summed E-state index contributed by atoms with van der Waals surface area (Å²) < 4.78 is 24.5. The fraction of sp³-hybridized carbons (Fsp3) is 0.529. The molecule has 0 radical (unpaired) electrons. The van der Waals surface area contributed by atoms with E-state index in [0.29, 0.717) is 19.1 Å². The van der Waals surface area contributed by atoms with Crippen molar-refractivity contribution >= 4 is 22.0 Å². The molecule has 1 fully saturated rings. The zero-order valence-corrected chi connectivity index (χ0v) is 15.9. The number of hydrogen-bond donors (Lipinski definition) is 2. The van der Waals surface area contributed by atoms with Crippen LogP contribution in [0.3, 0.4) is 0 Å². The van der Waals surface area contributed by atoms with Crippen molar-refractivity contribution in [2.45, 2.75) is 25.8 Å². The summed E-state index contributed by atoms with van der Waals surface area (Å²) in [6.45, 7) is 5.15. The molecule has 1 unspecified atom stereocenters. The number of carbonyl (C=O) groups is 2. The first-order valence-corrected chi connectivity index (χ1v) is 10.2. The second-order valence-corrected chi connectivity index (χ2v) is 8.16. The van der Waals surface area contributed by atoms with Crippen LogP contribution in [0.1, 0.15) is 18.9 Å². The van der Waals surface area contributed by atoms with E-state index >= 15 is 0 Å². The minimum atomic E-state index is -3.02. The van der Waals surface area contributed by atoms with Gasteiger partial charge in [0.25, 0.3) is 0 Å². The third-order valence-electron chi connectivity index (χ3n) is 4.24. The zero-order chi connectivity index (χ0) is 19.7. The van der Waals surface area contributed by atoms with Crippen LogP contribution in [0.2, 0.25) is 0 Å². The monoisotopic (exact) mass is 386 g/mol. The van der Waals surface area contributed by atoms with E-state index in [2.05, 4.69) is 36.1 Å². The molecular formula is C17H26N2O6S. The number of hydrogen-bond acceptors (Lipinski definition) is 5. The molecule has 1 heterocycles. The lowest BCUT2D eigenvalue weighted by Gasteiger charge is -2.37. The van der Waals surface area contributed by atoms with Crippen LogP contribution in [0.15, 0.2) is 30.3 Å². The second-order valence-electron chi connectivity index (χ2n) is 6.18. The molecule has 1 aromatic rings. The highest BCUT2D eigenvalue weighted by Gasteiger charge is 2.25. The van der Waals surface area contributed by atoms with Crippen molar-refractivity contribution < 1.29 is 28.2 Å². The van der Waals surface area contributed by atoms with Gasteiger partial charge in [-0.15, -0.1) is 0 Å². The molecule has 0 aromatic heterocycles. The molecule has 2 N–H and O–H groups in total. The van der Waals surface area contributed by atoms with E-state index in [4.69, 9.17) is 19.8 Å². The highest BCUT2D eigenvalue weighted by Crippen LogP contribution is 2.13. The minimum absolute atomic E-state index is 0.497. The molecule has 0 aliphatic carbocycles. The molecule has 1 saturated heterocycles. The van der Waals surface area contributed by atoms with E-state index in [1.165, 1.54) is 11.8 Å². The van der Waals surface area contributed by atoms with Gasteiger partial charge >= 0.3 is 11.9 Å². The molecule has 0 amide bonds. The standard InChI is InChI=1S/C15H24N2O2S.C2H2O4/c1-14(8-9-15-6-4-3-5-7-15)16-10-12-17(13-11-16)20(2,18)19;3-1(4)2(5)6/h3-7,14H,8-13H2,1-2H3;(H,3,4)(H,5,6). The number of benzene rings is 1. The van der Waals surface area contributed by atoms with Crippen molar-refractivity contribution in [3.63, 3.8) is 0 Å². The number of carboxylic acid groups (broad SMARTS) is 2. The fourth-order valence-corrected chi connectivity index (χ4v) is 3.51. The number of aryl methyl sites for hydroxylation is 1. The Morgan fingerprint density at radius 3 is 1.96 bits per heavy atom. The van der Waals surface area contributed by atoms with Crippen LogP contribution in [0.4, 0.5) is 0 Å². The first-order chi connectivity index (χ1) is 12.1. The van der Waals surface area contributed by atoms with E-state index < -0.39 is 22.0 Å². The highest BCUT2D eigenvalue weighted by molar-refractivity contribution is 7.88. The van der Waals surface area contributed by atoms with Crippen LogP contribution in [-0.4, -0.2) is 78.3 Å². The van der Waals surface area contributed by atoms with Crippen LogP contribution in [0.25, 0.3) is 0 Å². The number of aliphatic carboxylic acids is 2. The van der Waals surface area contributed by atoms with Gasteiger partial charge < -0.3 is 10.2 Å². The van der Waals surface area contributed by atoms with E-state index in [1.807, 2.05) is 6.07 Å². The van der Waals surface area contributed by atoms with E-state index in [9.17, 15) is 8.42 Å². The lowest BCUT2D eigenvalue weighted by molar-refractivity contribution is -0.159. The molecule has 1 atom stereocenters. The Hall–Kier alpha value is -1.97. The number of sulfonamides is 1. The fourth-order valence-electron chi connectivity index (χ4n) is 2.68. The molecule has 1 aliphatic rings. The Kier molecular flexibility index (Phi) is 8.70. The SMILES string of the molecule is CC(CCc1ccccc1)N1CCN(S(C)(=O)=O)CC1.O=C(O)C(=O)O. The summed E-state index contributed by atoms with van der Waals surface area (Å²) in [4.78, 5) is 20.6. The summed E-state index contributed by atoms with van der Waals surface area (Å²) in [5.74, 6) is -3.65. The first-order valence-electron chi connectivity index (χ1n) is 8.30. The van der Waals surface area contributed by atoms with Gasteiger partial charge in [-0.3, -0.25) is 4.90 Å². The molecule has 1 aromatic carbocycles. The Labute approximate surface area is 154 Å². The number of piperazine rings is 1. The Morgan fingerprint density at radius 2 is 1.54 bits per heavy atom. The van der Waals surface area contributed by atoms with Gasteiger partial charge in [0.1, 0.15) is 0 Å². The van der Waals surface area contributed by atoms with Crippen molar-refractivity contribution in [1.29, 1.82) is 0 Å². The average Bonchev–Trinajstić information content (AvgIpc) is 2.60. The van der Waals surface area contributed by atoms with Crippen molar-refractivity contribution in [3.05, 3.63) is 35.9 Å². The molecule has 9 heteroatoms. The van der Waals surface area contributed by atoms with E-state index in [-0.39, 0.29) is 0 Å². The van der Waals surface area contributed by atoms with Crippen LogP contribution in [0.5, 0.6) is 0 Å². The van der Waals surface area contributed by atoms with Gasteiger partial charge in [0.15, 0.2) is 0 Å². The second kappa shape index (κ2) is 10.2. The normalized spacial score (nSPS) is 17.0. The molecule has 0 spiro atoms. The van der Waals surface area contributed by atoms with Gasteiger partial charge in [-0.05, 0) is 25.3 Å².